The van der Waals surface area contributed by atoms with Gasteiger partial charge in [-0.15, -0.1) is 5.10 Å². The summed E-state index contributed by atoms with van der Waals surface area (Å²) in [5.74, 6) is -0.650. The van der Waals surface area contributed by atoms with E-state index in [1.165, 1.54) is 4.68 Å². The minimum atomic E-state index is -4.53. The molecule has 29 heavy (non-hydrogen) atoms. The lowest BCUT2D eigenvalue weighted by molar-refractivity contribution is -0.137. The van der Waals surface area contributed by atoms with E-state index in [0.29, 0.717) is 5.16 Å². The van der Waals surface area contributed by atoms with Crippen molar-refractivity contribution in [2.75, 3.05) is 11.1 Å². The number of halogens is 4. The molecule has 0 saturated carbocycles. The standard InChI is InChI=1S/C18H15ClF3N5OS/c1-10-3-5-13(7-11(10)2)27-17(24-25-26-27)29-9-16(28)23-15-8-12(18(20,21)22)4-6-14(15)19/h3-8H,9H2,1-2H3,(H,23,28). The van der Waals surface area contributed by atoms with Crippen molar-refractivity contribution < 1.29 is 18.0 Å². The predicted octanol–water partition coefficient (Wildman–Crippen LogP) is 4.68. The molecule has 0 aliphatic heterocycles. The second kappa shape index (κ2) is 8.42. The van der Waals surface area contributed by atoms with Gasteiger partial charge >= 0.3 is 6.18 Å². The molecule has 1 N–H and O–H groups in total. The molecule has 3 aromatic rings. The largest absolute Gasteiger partial charge is 0.416 e. The van der Waals surface area contributed by atoms with Crippen molar-refractivity contribution in [3.63, 3.8) is 0 Å². The number of aryl methyl sites for hydroxylation is 2. The van der Waals surface area contributed by atoms with Crippen LogP contribution in [-0.4, -0.2) is 31.9 Å². The lowest BCUT2D eigenvalue weighted by atomic mass is 10.1. The lowest BCUT2D eigenvalue weighted by Crippen LogP contribution is -2.16. The number of carbonyl (C=O) groups is 1. The SMILES string of the molecule is Cc1ccc(-n2nnnc2SCC(=O)Nc2cc(C(F)(F)F)ccc2Cl)cc1C. The average Bonchev–Trinajstić information content (AvgIpc) is 3.12. The van der Waals surface area contributed by atoms with Crippen LogP contribution in [0.3, 0.4) is 0 Å². The molecule has 1 amide bonds. The molecule has 0 radical (unpaired) electrons. The van der Waals surface area contributed by atoms with Crippen molar-refractivity contribution in [2.24, 2.45) is 0 Å². The third-order valence-electron chi connectivity index (χ3n) is 4.08. The molecular weight excluding hydrogens is 427 g/mol. The summed E-state index contributed by atoms with van der Waals surface area (Å²) in [5.41, 5.74) is 1.91. The number of benzene rings is 2. The Morgan fingerprint density at radius 2 is 1.93 bits per heavy atom. The van der Waals surface area contributed by atoms with Gasteiger partial charge in [0.05, 0.1) is 27.7 Å². The van der Waals surface area contributed by atoms with Crippen LogP contribution in [0.2, 0.25) is 5.02 Å². The highest BCUT2D eigenvalue weighted by molar-refractivity contribution is 7.99. The van der Waals surface area contributed by atoms with Gasteiger partial charge in [-0.1, -0.05) is 29.4 Å². The zero-order valence-electron chi connectivity index (χ0n) is 15.3. The Morgan fingerprint density at radius 1 is 1.17 bits per heavy atom. The maximum absolute atomic E-state index is 12.8. The fraction of sp³-hybridized carbons (Fsp3) is 0.222. The van der Waals surface area contributed by atoms with Gasteiger partial charge in [-0.05, 0) is 65.7 Å². The fourth-order valence-electron chi connectivity index (χ4n) is 2.40. The van der Waals surface area contributed by atoms with Gasteiger partial charge in [-0.25, -0.2) is 0 Å². The summed E-state index contributed by atoms with van der Waals surface area (Å²) >= 11 is 6.95. The number of nitrogens with one attached hydrogen (secondary N) is 1. The van der Waals surface area contributed by atoms with Crippen LogP contribution in [0.15, 0.2) is 41.6 Å². The summed E-state index contributed by atoms with van der Waals surface area (Å²) in [7, 11) is 0. The van der Waals surface area contributed by atoms with Crippen LogP contribution in [-0.2, 0) is 11.0 Å². The molecule has 0 saturated heterocycles. The first-order chi connectivity index (χ1) is 13.6. The zero-order valence-corrected chi connectivity index (χ0v) is 16.9. The molecule has 0 spiro atoms. The Balaban J connectivity index is 1.70. The van der Waals surface area contributed by atoms with Crippen molar-refractivity contribution >= 4 is 35.0 Å². The lowest BCUT2D eigenvalue weighted by Gasteiger charge is -2.11. The van der Waals surface area contributed by atoms with E-state index in [4.69, 9.17) is 11.6 Å². The van der Waals surface area contributed by atoms with Crippen LogP contribution in [0.5, 0.6) is 0 Å². The Bertz CT molecular complexity index is 1050. The Kier molecular flexibility index (Phi) is 6.13. The van der Waals surface area contributed by atoms with E-state index < -0.39 is 17.6 Å². The van der Waals surface area contributed by atoms with Crippen LogP contribution in [0.1, 0.15) is 16.7 Å². The highest BCUT2D eigenvalue weighted by Gasteiger charge is 2.31. The molecule has 2 aromatic carbocycles. The van der Waals surface area contributed by atoms with E-state index in [9.17, 15) is 18.0 Å². The maximum Gasteiger partial charge on any atom is 0.416 e. The molecule has 0 unspecified atom stereocenters. The van der Waals surface area contributed by atoms with Crippen LogP contribution in [0, 0.1) is 13.8 Å². The van der Waals surface area contributed by atoms with Gasteiger partial charge in [-0.3, -0.25) is 4.79 Å². The van der Waals surface area contributed by atoms with Gasteiger partial charge in [0.1, 0.15) is 0 Å². The average molecular weight is 442 g/mol. The molecule has 3 rings (SSSR count). The fourth-order valence-corrected chi connectivity index (χ4v) is 3.26. The highest BCUT2D eigenvalue weighted by Crippen LogP contribution is 2.34. The topological polar surface area (TPSA) is 72.7 Å². The van der Waals surface area contributed by atoms with Crippen molar-refractivity contribution in [2.45, 2.75) is 25.2 Å². The number of nitrogens with zero attached hydrogens (tertiary/aromatic N) is 4. The van der Waals surface area contributed by atoms with Gasteiger partial charge in [0.15, 0.2) is 0 Å². The van der Waals surface area contributed by atoms with Crippen LogP contribution < -0.4 is 5.32 Å². The summed E-state index contributed by atoms with van der Waals surface area (Å²) < 4.78 is 40.0. The van der Waals surface area contributed by atoms with Crippen molar-refractivity contribution in [1.29, 1.82) is 0 Å². The number of hydrogen-bond donors (Lipinski definition) is 1. The molecular formula is C18H15ClF3N5OS. The summed E-state index contributed by atoms with van der Waals surface area (Å²) in [6.45, 7) is 3.94. The van der Waals surface area contributed by atoms with Crippen molar-refractivity contribution in [3.05, 3.63) is 58.1 Å². The number of alkyl halides is 3. The number of aromatic nitrogens is 4. The molecule has 0 bridgehead atoms. The summed E-state index contributed by atoms with van der Waals surface area (Å²) in [5, 5.41) is 14.2. The first-order valence-corrected chi connectivity index (χ1v) is 9.67. The Labute approximate surface area is 173 Å². The van der Waals surface area contributed by atoms with Gasteiger partial charge in [0, 0.05) is 0 Å². The normalized spacial score (nSPS) is 11.5. The Morgan fingerprint density at radius 3 is 2.62 bits per heavy atom. The number of amides is 1. The van der Waals surface area contributed by atoms with E-state index in [0.717, 1.165) is 46.8 Å². The second-order valence-corrected chi connectivity index (χ2v) is 7.52. The van der Waals surface area contributed by atoms with Gasteiger partial charge < -0.3 is 5.32 Å². The first kappa shape index (κ1) is 21.1. The second-order valence-electron chi connectivity index (χ2n) is 6.17. The van der Waals surface area contributed by atoms with E-state index >= 15 is 0 Å². The van der Waals surface area contributed by atoms with Crippen LogP contribution in [0.25, 0.3) is 5.69 Å². The summed E-state index contributed by atoms with van der Waals surface area (Å²) in [6, 6.07) is 8.44. The van der Waals surface area contributed by atoms with E-state index in [2.05, 4.69) is 20.8 Å². The maximum atomic E-state index is 12.8. The number of carbonyl (C=O) groups excluding carboxylic acids is 1. The van der Waals surface area contributed by atoms with Gasteiger partial charge in [-0.2, -0.15) is 17.9 Å². The predicted molar refractivity (Wildman–Crippen MR) is 104 cm³/mol. The smallest absolute Gasteiger partial charge is 0.324 e. The zero-order chi connectivity index (χ0) is 21.2. The molecule has 1 heterocycles. The van der Waals surface area contributed by atoms with Gasteiger partial charge in [0.2, 0.25) is 11.1 Å². The van der Waals surface area contributed by atoms with E-state index in [1.807, 2.05) is 32.0 Å². The third-order valence-corrected chi connectivity index (χ3v) is 5.32. The molecule has 6 nitrogen and oxygen atoms in total. The molecule has 1 aromatic heterocycles. The molecule has 11 heteroatoms. The summed E-state index contributed by atoms with van der Waals surface area (Å²) in [4.78, 5) is 12.2. The molecule has 0 atom stereocenters. The molecule has 152 valence electrons. The molecule has 0 aliphatic carbocycles. The van der Waals surface area contributed by atoms with Crippen molar-refractivity contribution in [1.82, 2.24) is 20.2 Å². The van der Waals surface area contributed by atoms with Crippen LogP contribution >= 0.6 is 23.4 Å². The number of thioether (sulfide) groups is 1. The molecule has 0 fully saturated rings. The number of rotatable bonds is 5. The van der Waals surface area contributed by atoms with Gasteiger partial charge in [0.25, 0.3) is 0 Å². The Hall–Kier alpha value is -2.59. The number of anilines is 1. The first-order valence-electron chi connectivity index (χ1n) is 8.30. The minimum Gasteiger partial charge on any atom is -0.324 e. The number of tetrazole rings is 1. The summed E-state index contributed by atoms with van der Waals surface area (Å²) in [6.07, 6.45) is -4.53. The van der Waals surface area contributed by atoms with E-state index in [1.54, 1.807) is 0 Å². The number of hydrogen-bond acceptors (Lipinski definition) is 5. The van der Waals surface area contributed by atoms with Crippen molar-refractivity contribution in [3.8, 4) is 5.69 Å². The van der Waals surface area contributed by atoms with Crippen LogP contribution in [0.4, 0.5) is 18.9 Å². The quantitative estimate of drug-likeness (QED) is 0.582. The van der Waals surface area contributed by atoms with E-state index in [-0.39, 0.29) is 16.5 Å². The monoisotopic (exact) mass is 441 g/mol. The highest BCUT2D eigenvalue weighted by atomic mass is 35.5. The minimum absolute atomic E-state index is 0.0105. The molecule has 0 aliphatic rings. The third kappa shape index (κ3) is 5.07.